The Morgan fingerprint density at radius 2 is 1.73 bits per heavy atom. The van der Waals surface area contributed by atoms with Crippen LogP contribution in [-0.4, -0.2) is 37.2 Å². The fraction of sp³-hybridized carbons (Fsp3) is 0.333. The summed E-state index contributed by atoms with van der Waals surface area (Å²) in [6.07, 6.45) is 1.01. The monoisotopic (exact) mass is 359 g/mol. The lowest BCUT2D eigenvalue weighted by Gasteiger charge is -2.11. The molecular weight excluding hydrogens is 343 g/mol. The zero-order valence-corrected chi connectivity index (χ0v) is 14.7. The zero-order valence-electron chi connectivity index (χ0n) is 12.5. The van der Waals surface area contributed by atoms with Crippen LogP contribution < -0.4 is 10.2 Å². The van der Waals surface area contributed by atoms with E-state index in [2.05, 4.69) is 29.4 Å². The molecule has 0 radical (unpaired) electrons. The van der Waals surface area contributed by atoms with Crippen molar-refractivity contribution in [1.29, 1.82) is 0 Å². The molecule has 1 aromatic heterocycles. The molecule has 0 saturated heterocycles. The van der Waals surface area contributed by atoms with E-state index >= 15 is 0 Å². The van der Waals surface area contributed by atoms with Crippen LogP contribution >= 0.6 is 34.8 Å². The van der Waals surface area contributed by atoms with Crippen molar-refractivity contribution in [2.45, 2.75) is 6.42 Å². The lowest BCUT2D eigenvalue weighted by atomic mass is 10.2. The van der Waals surface area contributed by atoms with Gasteiger partial charge in [-0.1, -0.05) is 34.8 Å². The van der Waals surface area contributed by atoms with Gasteiger partial charge in [0, 0.05) is 23.6 Å². The van der Waals surface area contributed by atoms with Crippen LogP contribution in [0, 0.1) is 0 Å². The molecule has 0 aliphatic rings. The van der Waals surface area contributed by atoms with Crippen molar-refractivity contribution in [1.82, 2.24) is 9.97 Å². The Labute approximate surface area is 145 Å². The minimum atomic E-state index is 0.238. The Kier molecular flexibility index (Phi) is 6.26. The predicted octanol–water partition coefficient (Wildman–Crippen LogP) is 3.05. The van der Waals surface area contributed by atoms with Gasteiger partial charge in [-0.2, -0.15) is 0 Å². The van der Waals surface area contributed by atoms with Gasteiger partial charge in [-0.05, 0) is 24.3 Å². The molecule has 0 saturated carbocycles. The number of quaternary nitrogens is 1. The smallest absolute Gasteiger partial charge is 0.163 e. The molecule has 0 amide bonds. The van der Waals surface area contributed by atoms with Crippen LogP contribution in [0.15, 0.2) is 24.3 Å². The van der Waals surface area contributed by atoms with Crippen LogP contribution in [0.4, 0.5) is 5.82 Å². The average Bonchev–Trinajstić information content (AvgIpc) is 2.48. The maximum absolute atomic E-state index is 6.17. The van der Waals surface area contributed by atoms with Gasteiger partial charge in [0.2, 0.25) is 0 Å². The van der Waals surface area contributed by atoms with Gasteiger partial charge in [-0.3, -0.25) is 0 Å². The van der Waals surface area contributed by atoms with E-state index in [4.69, 9.17) is 34.8 Å². The second kappa shape index (κ2) is 7.97. The van der Waals surface area contributed by atoms with Crippen molar-refractivity contribution in [2.24, 2.45) is 0 Å². The first kappa shape index (κ1) is 17.3. The molecule has 0 aliphatic heterocycles. The predicted molar refractivity (Wildman–Crippen MR) is 93.3 cm³/mol. The van der Waals surface area contributed by atoms with Crippen LogP contribution in [-0.2, 0) is 0 Å². The molecule has 0 fully saturated rings. The number of rotatable bonds is 6. The highest BCUT2D eigenvalue weighted by Crippen LogP contribution is 2.30. The second-order valence-electron chi connectivity index (χ2n) is 5.24. The first-order valence-corrected chi connectivity index (χ1v) is 8.12. The number of halogens is 3. The van der Waals surface area contributed by atoms with Gasteiger partial charge < -0.3 is 10.2 Å². The third kappa shape index (κ3) is 4.71. The molecule has 22 heavy (non-hydrogen) atoms. The molecule has 7 heteroatoms. The van der Waals surface area contributed by atoms with E-state index in [1.54, 1.807) is 12.1 Å². The molecule has 1 heterocycles. The van der Waals surface area contributed by atoms with Crippen LogP contribution in [0.5, 0.6) is 0 Å². The maximum Gasteiger partial charge on any atom is 0.163 e. The summed E-state index contributed by atoms with van der Waals surface area (Å²) in [4.78, 5) is 10.1. The number of nitrogens with one attached hydrogen (secondary N) is 2. The largest absolute Gasteiger partial charge is 0.368 e. The van der Waals surface area contributed by atoms with Crippen LogP contribution in [0.25, 0.3) is 11.4 Å². The number of hydrogen-bond donors (Lipinski definition) is 2. The normalized spacial score (nSPS) is 11.0. The van der Waals surface area contributed by atoms with Crippen molar-refractivity contribution >= 4 is 40.6 Å². The van der Waals surface area contributed by atoms with Crippen molar-refractivity contribution in [3.05, 3.63) is 39.5 Å². The van der Waals surface area contributed by atoms with E-state index in [1.165, 1.54) is 4.90 Å². The Balaban J connectivity index is 2.17. The zero-order chi connectivity index (χ0) is 16.1. The SMILES string of the molecule is C[NH+](C)CCCNc1nc(-c2ccc(Cl)cc2)nc(Cl)c1Cl. The van der Waals surface area contributed by atoms with Crippen molar-refractivity contribution in [3.63, 3.8) is 0 Å². The minimum absolute atomic E-state index is 0.238. The summed E-state index contributed by atoms with van der Waals surface area (Å²) in [5.41, 5.74) is 0.837. The van der Waals surface area contributed by atoms with E-state index in [1.807, 2.05) is 12.1 Å². The number of nitrogens with zero attached hydrogens (tertiary/aromatic N) is 2. The van der Waals surface area contributed by atoms with Crippen molar-refractivity contribution in [3.8, 4) is 11.4 Å². The quantitative estimate of drug-likeness (QED) is 0.614. The van der Waals surface area contributed by atoms with Gasteiger partial charge in [-0.15, -0.1) is 0 Å². The van der Waals surface area contributed by atoms with Crippen LogP contribution in [0.1, 0.15) is 6.42 Å². The van der Waals surface area contributed by atoms with E-state index in [0.717, 1.165) is 25.1 Å². The Morgan fingerprint density at radius 3 is 2.36 bits per heavy atom. The fourth-order valence-corrected chi connectivity index (χ4v) is 2.36. The lowest BCUT2D eigenvalue weighted by Crippen LogP contribution is -3.05. The van der Waals surface area contributed by atoms with Gasteiger partial charge >= 0.3 is 0 Å². The molecule has 0 aliphatic carbocycles. The summed E-state index contributed by atoms with van der Waals surface area (Å²) >= 11 is 18.2. The van der Waals surface area contributed by atoms with E-state index in [0.29, 0.717) is 21.7 Å². The molecule has 2 N–H and O–H groups in total. The third-order valence-electron chi connectivity index (χ3n) is 3.06. The highest BCUT2D eigenvalue weighted by molar-refractivity contribution is 6.42. The fourth-order valence-electron chi connectivity index (χ4n) is 1.91. The molecule has 0 unspecified atom stereocenters. The van der Waals surface area contributed by atoms with Gasteiger partial charge in [0.05, 0.1) is 20.6 Å². The minimum Gasteiger partial charge on any atom is -0.368 e. The molecule has 2 aromatic rings. The van der Waals surface area contributed by atoms with Crippen LogP contribution in [0.3, 0.4) is 0 Å². The van der Waals surface area contributed by atoms with E-state index < -0.39 is 0 Å². The molecule has 4 nitrogen and oxygen atoms in total. The number of hydrogen-bond acceptors (Lipinski definition) is 3. The number of benzene rings is 1. The first-order chi connectivity index (χ1) is 10.5. The van der Waals surface area contributed by atoms with Crippen molar-refractivity contribution < 1.29 is 4.90 Å². The van der Waals surface area contributed by atoms with Gasteiger partial charge in [0.1, 0.15) is 5.02 Å². The average molecular weight is 361 g/mol. The summed E-state index contributed by atoms with van der Waals surface area (Å²) < 4.78 is 0. The molecule has 0 spiro atoms. The van der Waals surface area contributed by atoms with E-state index in [9.17, 15) is 0 Å². The molecule has 0 bridgehead atoms. The lowest BCUT2D eigenvalue weighted by molar-refractivity contribution is -0.858. The molecule has 2 rings (SSSR count). The van der Waals surface area contributed by atoms with Crippen LogP contribution in [0.2, 0.25) is 15.2 Å². The highest BCUT2D eigenvalue weighted by Gasteiger charge is 2.12. The molecule has 1 aromatic carbocycles. The third-order valence-corrected chi connectivity index (χ3v) is 4.04. The Hall–Kier alpha value is -1.07. The number of aromatic nitrogens is 2. The molecular formula is C15H18Cl3N4+. The van der Waals surface area contributed by atoms with Gasteiger partial charge in [0.25, 0.3) is 0 Å². The maximum atomic E-state index is 6.17. The topological polar surface area (TPSA) is 42.2 Å². The standard InChI is InChI=1S/C15H17Cl3N4/c1-22(2)9-3-8-19-15-12(17)13(18)20-14(21-15)10-4-6-11(16)7-5-10/h4-7H,3,8-9H2,1-2H3,(H,19,20,21)/p+1. The molecule has 118 valence electrons. The first-order valence-electron chi connectivity index (χ1n) is 6.99. The second-order valence-corrected chi connectivity index (χ2v) is 6.42. The molecule has 0 atom stereocenters. The summed E-state index contributed by atoms with van der Waals surface area (Å²) in [6, 6.07) is 7.27. The summed E-state index contributed by atoms with van der Waals surface area (Å²) in [5.74, 6) is 1.08. The van der Waals surface area contributed by atoms with Crippen molar-refractivity contribution in [2.75, 3.05) is 32.5 Å². The summed E-state index contributed by atoms with van der Waals surface area (Å²) in [7, 11) is 4.24. The number of anilines is 1. The Morgan fingerprint density at radius 1 is 1.05 bits per heavy atom. The van der Waals surface area contributed by atoms with E-state index in [-0.39, 0.29) is 5.15 Å². The highest BCUT2D eigenvalue weighted by atomic mass is 35.5. The summed E-state index contributed by atoms with van der Waals surface area (Å²) in [6.45, 7) is 1.84. The summed E-state index contributed by atoms with van der Waals surface area (Å²) in [5, 5.41) is 4.47. The van der Waals surface area contributed by atoms with Gasteiger partial charge in [0.15, 0.2) is 16.8 Å². The van der Waals surface area contributed by atoms with Gasteiger partial charge in [-0.25, -0.2) is 9.97 Å². The Bertz CT molecular complexity index is 629.